The van der Waals surface area contributed by atoms with E-state index in [-0.39, 0.29) is 0 Å². The van der Waals surface area contributed by atoms with Crippen molar-refractivity contribution < 1.29 is 0 Å². The minimum atomic E-state index is 0.616. The highest BCUT2D eigenvalue weighted by atomic mass is 15.2. The van der Waals surface area contributed by atoms with E-state index >= 15 is 0 Å². The molecular weight excluding hydrogens is 645 g/mol. The lowest BCUT2D eigenvalue weighted by molar-refractivity contribution is 0.973. The first kappa shape index (κ1) is 30.8. The van der Waals surface area contributed by atoms with Crippen molar-refractivity contribution in [3.8, 4) is 22.9 Å². The van der Waals surface area contributed by atoms with E-state index < -0.39 is 0 Å². The molecule has 0 fully saturated rings. The number of nitrogens with zero attached hydrogens (tertiary/aromatic N) is 4. The standard InChI is InChI=1S/C49H34N4/c1-3-43-41(30-32(2)35-27-28-45-40(31-35)38-22-13-15-25-44(38)52(45)36-19-8-5-9-20-36)47-37-21-11-10-16-33(37)26-29-46(47)53(43)49-50-42-24-14-12-23-39(42)48(51-49)34-17-6-4-7-18-34/h3-31H,1H2,2H3/b32-30+. The van der Waals surface area contributed by atoms with Crippen LogP contribution in [0.25, 0.3) is 95.0 Å². The van der Waals surface area contributed by atoms with E-state index in [1.807, 2.05) is 24.3 Å². The molecule has 10 rings (SSSR count). The van der Waals surface area contributed by atoms with Crippen molar-refractivity contribution >= 4 is 72.1 Å². The van der Waals surface area contributed by atoms with Crippen LogP contribution in [-0.2, 0) is 0 Å². The molecule has 4 nitrogen and oxygen atoms in total. The molecule has 0 radical (unpaired) electrons. The molecule has 7 aromatic carbocycles. The summed E-state index contributed by atoms with van der Waals surface area (Å²) in [6.45, 7) is 6.58. The molecule has 0 aliphatic heterocycles. The first-order valence-electron chi connectivity index (χ1n) is 18.0. The summed E-state index contributed by atoms with van der Waals surface area (Å²) in [7, 11) is 0. The number of benzene rings is 7. The van der Waals surface area contributed by atoms with E-state index in [9.17, 15) is 0 Å². The fourth-order valence-electron chi connectivity index (χ4n) is 8.02. The monoisotopic (exact) mass is 678 g/mol. The molecule has 0 amide bonds. The fourth-order valence-corrected chi connectivity index (χ4v) is 8.02. The molecule has 53 heavy (non-hydrogen) atoms. The Hall–Kier alpha value is -7.04. The van der Waals surface area contributed by atoms with Gasteiger partial charge in [0.05, 0.1) is 33.5 Å². The van der Waals surface area contributed by atoms with Gasteiger partial charge >= 0.3 is 0 Å². The highest BCUT2D eigenvalue weighted by Gasteiger charge is 2.21. The van der Waals surface area contributed by atoms with Crippen molar-refractivity contribution in [3.05, 3.63) is 187 Å². The van der Waals surface area contributed by atoms with E-state index in [0.29, 0.717) is 5.95 Å². The van der Waals surface area contributed by atoms with Gasteiger partial charge in [-0.05, 0) is 83.4 Å². The van der Waals surface area contributed by atoms with Gasteiger partial charge in [-0.15, -0.1) is 0 Å². The van der Waals surface area contributed by atoms with Gasteiger partial charge in [-0.1, -0.05) is 128 Å². The van der Waals surface area contributed by atoms with Crippen LogP contribution in [0.1, 0.15) is 23.7 Å². The quantitative estimate of drug-likeness (QED) is 0.175. The van der Waals surface area contributed by atoms with Crippen LogP contribution < -0.4 is 0 Å². The minimum Gasteiger partial charge on any atom is -0.309 e. The van der Waals surface area contributed by atoms with Crippen LogP contribution in [0.4, 0.5) is 0 Å². The summed E-state index contributed by atoms with van der Waals surface area (Å²) in [6.07, 6.45) is 4.27. The molecule has 4 heteroatoms. The molecule has 0 aliphatic rings. The number of rotatable bonds is 6. The highest BCUT2D eigenvalue weighted by Crippen LogP contribution is 2.39. The third kappa shape index (κ3) is 4.91. The summed E-state index contributed by atoms with van der Waals surface area (Å²) in [5.41, 5.74) is 11.8. The van der Waals surface area contributed by atoms with Crippen molar-refractivity contribution in [3.63, 3.8) is 0 Å². The van der Waals surface area contributed by atoms with Crippen molar-refractivity contribution in [1.82, 2.24) is 19.1 Å². The second kappa shape index (κ2) is 12.3. The lowest BCUT2D eigenvalue weighted by Gasteiger charge is -2.12. The summed E-state index contributed by atoms with van der Waals surface area (Å²) < 4.78 is 4.54. The zero-order chi connectivity index (χ0) is 35.5. The predicted octanol–water partition coefficient (Wildman–Crippen LogP) is 12.7. The van der Waals surface area contributed by atoms with Gasteiger partial charge in [-0.25, -0.2) is 9.97 Å². The van der Waals surface area contributed by atoms with E-state index in [1.54, 1.807) is 0 Å². The van der Waals surface area contributed by atoms with Gasteiger partial charge in [-0.3, -0.25) is 4.57 Å². The maximum absolute atomic E-state index is 5.30. The van der Waals surface area contributed by atoms with Crippen molar-refractivity contribution in [2.24, 2.45) is 0 Å². The van der Waals surface area contributed by atoms with Gasteiger partial charge in [0.15, 0.2) is 0 Å². The summed E-state index contributed by atoms with van der Waals surface area (Å²) in [5.74, 6) is 0.616. The van der Waals surface area contributed by atoms with Crippen molar-refractivity contribution in [2.75, 3.05) is 0 Å². The normalized spacial score (nSPS) is 12.1. The summed E-state index contributed by atoms with van der Waals surface area (Å²) >= 11 is 0. The molecule has 0 saturated heterocycles. The maximum atomic E-state index is 5.30. The SMILES string of the molecule is C=Cc1c(/C=C(\C)c2ccc3c(c2)c2ccccc2n3-c2ccccc2)c2c3ccccc3ccc2n1-c1nc(-c2ccccc2)c2ccccc2n1. The number of hydrogen-bond acceptors (Lipinski definition) is 2. The van der Waals surface area contributed by atoms with E-state index in [2.05, 4.69) is 174 Å². The summed E-state index contributed by atoms with van der Waals surface area (Å²) in [6, 6.07) is 57.7. The summed E-state index contributed by atoms with van der Waals surface area (Å²) in [5, 5.41) is 6.99. The molecule has 3 heterocycles. The minimum absolute atomic E-state index is 0.616. The largest absolute Gasteiger partial charge is 0.309 e. The first-order chi connectivity index (χ1) is 26.2. The molecule has 0 spiro atoms. The molecule has 0 bridgehead atoms. The lowest BCUT2D eigenvalue weighted by Crippen LogP contribution is -2.05. The lowest BCUT2D eigenvalue weighted by atomic mass is 9.98. The predicted molar refractivity (Wildman–Crippen MR) is 224 cm³/mol. The summed E-state index contributed by atoms with van der Waals surface area (Å²) in [4.78, 5) is 10.5. The molecule has 0 saturated carbocycles. The van der Waals surface area contributed by atoms with Crippen molar-refractivity contribution in [1.29, 1.82) is 0 Å². The Kier molecular flexibility index (Phi) is 7.15. The zero-order valence-electron chi connectivity index (χ0n) is 29.2. The van der Waals surface area contributed by atoms with E-state index in [4.69, 9.17) is 9.97 Å². The molecule has 250 valence electrons. The van der Waals surface area contributed by atoms with Crippen LogP contribution in [0.3, 0.4) is 0 Å². The van der Waals surface area contributed by atoms with Gasteiger partial charge < -0.3 is 4.57 Å². The van der Waals surface area contributed by atoms with Crippen molar-refractivity contribution in [2.45, 2.75) is 6.92 Å². The number of fused-ring (bicyclic) bond motifs is 7. The van der Waals surface area contributed by atoms with Gasteiger partial charge in [0.25, 0.3) is 0 Å². The van der Waals surface area contributed by atoms with Crippen LogP contribution in [0, 0.1) is 0 Å². The number of allylic oxidation sites excluding steroid dienone is 1. The van der Waals surface area contributed by atoms with Crippen LogP contribution in [0.15, 0.2) is 170 Å². The Morgan fingerprint density at radius 3 is 2.04 bits per heavy atom. The Labute approximate surface area is 307 Å². The van der Waals surface area contributed by atoms with Crippen LogP contribution in [0.5, 0.6) is 0 Å². The molecule has 10 aromatic rings. The van der Waals surface area contributed by atoms with Crippen LogP contribution in [-0.4, -0.2) is 19.1 Å². The Balaban J connectivity index is 1.22. The number of aromatic nitrogens is 4. The van der Waals surface area contributed by atoms with E-state index in [0.717, 1.165) is 61.1 Å². The second-order valence-electron chi connectivity index (χ2n) is 13.5. The average Bonchev–Trinajstić information content (AvgIpc) is 3.73. The Morgan fingerprint density at radius 2 is 1.23 bits per heavy atom. The third-order valence-electron chi connectivity index (χ3n) is 10.5. The smallest absolute Gasteiger partial charge is 0.235 e. The molecule has 0 atom stereocenters. The van der Waals surface area contributed by atoms with Gasteiger partial charge in [0.2, 0.25) is 5.95 Å². The molecular formula is C49H34N4. The van der Waals surface area contributed by atoms with Gasteiger partial charge in [0.1, 0.15) is 0 Å². The molecule has 0 aliphatic carbocycles. The Bertz CT molecular complexity index is 3070. The third-order valence-corrected chi connectivity index (χ3v) is 10.5. The molecule has 3 aromatic heterocycles. The van der Waals surface area contributed by atoms with Crippen LogP contribution >= 0.6 is 0 Å². The number of hydrogen-bond donors (Lipinski definition) is 0. The zero-order valence-corrected chi connectivity index (χ0v) is 29.2. The van der Waals surface area contributed by atoms with Gasteiger partial charge in [-0.2, -0.15) is 0 Å². The average molecular weight is 679 g/mol. The maximum Gasteiger partial charge on any atom is 0.235 e. The van der Waals surface area contributed by atoms with E-state index in [1.165, 1.54) is 32.6 Å². The van der Waals surface area contributed by atoms with Gasteiger partial charge in [0, 0.05) is 38.4 Å². The first-order valence-corrected chi connectivity index (χ1v) is 18.0. The molecule has 0 N–H and O–H groups in total. The number of para-hydroxylation sites is 3. The van der Waals surface area contributed by atoms with Crippen LogP contribution in [0.2, 0.25) is 0 Å². The molecule has 0 unspecified atom stereocenters. The Morgan fingerprint density at radius 1 is 0.566 bits per heavy atom. The second-order valence-corrected chi connectivity index (χ2v) is 13.5. The topological polar surface area (TPSA) is 35.6 Å². The fraction of sp³-hybridized carbons (Fsp3) is 0.0204. The highest BCUT2D eigenvalue weighted by molar-refractivity contribution is 6.15.